The van der Waals surface area contributed by atoms with Crippen molar-refractivity contribution in [3.63, 3.8) is 0 Å². The molecular weight excluding hydrogens is 184 g/mol. The van der Waals surface area contributed by atoms with Crippen molar-refractivity contribution in [2.75, 3.05) is 0 Å². The zero-order valence-electron chi connectivity index (χ0n) is 8.28. The molecule has 0 fully saturated rings. The average Bonchev–Trinajstić information content (AvgIpc) is 2.00. The van der Waals surface area contributed by atoms with E-state index in [4.69, 9.17) is 0 Å². The Morgan fingerprint density at radius 1 is 1.50 bits per heavy atom. The van der Waals surface area contributed by atoms with Gasteiger partial charge in [-0.2, -0.15) is 0 Å². The van der Waals surface area contributed by atoms with Crippen molar-refractivity contribution >= 4 is 0 Å². The number of aromatic nitrogens is 2. The second kappa shape index (κ2) is 3.79. The molecular formula is C9H14N2O3. The van der Waals surface area contributed by atoms with Crippen LogP contribution in [0.3, 0.4) is 0 Å². The van der Waals surface area contributed by atoms with E-state index in [0.29, 0.717) is 13.0 Å². The van der Waals surface area contributed by atoms with Crippen molar-refractivity contribution in [3.05, 3.63) is 33.1 Å². The summed E-state index contributed by atoms with van der Waals surface area (Å²) in [5.41, 5.74) is -1.66. The maximum absolute atomic E-state index is 11.2. The normalized spacial score (nSPS) is 11.6. The molecule has 5 heteroatoms. The number of aryl methyl sites for hydroxylation is 1. The minimum atomic E-state index is -0.810. The summed E-state index contributed by atoms with van der Waals surface area (Å²) >= 11 is 0. The predicted molar refractivity (Wildman–Crippen MR) is 52.2 cm³/mol. The average molecular weight is 198 g/mol. The van der Waals surface area contributed by atoms with Gasteiger partial charge in [0, 0.05) is 18.8 Å². The van der Waals surface area contributed by atoms with Crippen LogP contribution in [0.4, 0.5) is 0 Å². The van der Waals surface area contributed by atoms with E-state index in [1.165, 1.54) is 16.8 Å². The summed E-state index contributed by atoms with van der Waals surface area (Å²) in [6.45, 7) is 3.73. The first-order chi connectivity index (χ1) is 6.38. The van der Waals surface area contributed by atoms with Gasteiger partial charge in [-0.3, -0.25) is 9.78 Å². The SMILES string of the molecule is CC(C)(O)CCn1ccc(=O)[nH]c1=O. The first-order valence-electron chi connectivity index (χ1n) is 4.41. The lowest BCUT2D eigenvalue weighted by Crippen LogP contribution is -2.31. The highest BCUT2D eigenvalue weighted by molar-refractivity contribution is 4.83. The topological polar surface area (TPSA) is 75.1 Å². The minimum Gasteiger partial charge on any atom is -0.390 e. The second-order valence-electron chi connectivity index (χ2n) is 3.87. The molecule has 1 aromatic heterocycles. The summed E-state index contributed by atoms with van der Waals surface area (Å²) in [7, 11) is 0. The van der Waals surface area contributed by atoms with Gasteiger partial charge in [0.2, 0.25) is 0 Å². The van der Waals surface area contributed by atoms with Gasteiger partial charge in [0.05, 0.1) is 5.60 Å². The van der Waals surface area contributed by atoms with Gasteiger partial charge in [0.25, 0.3) is 5.56 Å². The van der Waals surface area contributed by atoms with Crippen molar-refractivity contribution in [2.24, 2.45) is 0 Å². The fraction of sp³-hybridized carbons (Fsp3) is 0.556. The van der Waals surface area contributed by atoms with Crippen LogP contribution in [0, 0.1) is 0 Å². The molecule has 0 aliphatic rings. The lowest BCUT2D eigenvalue weighted by atomic mass is 10.1. The Morgan fingerprint density at radius 2 is 2.14 bits per heavy atom. The number of rotatable bonds is 3. The van der Waals surface area contributed by atoms with Gasteiger partial charge in [-0.25, -0.2) is 4.79 Å². The lowest BCUT2D eigenvalue weighted by molar-refractivity contribution is 0.0658. The molecule has 0 aliphatic heterocycles. The molecule has 0 unspecified atom stereocenters. The molecule has 2 N–H and O–H groups in total. The maximum Gasteiger partial charge on any atom is 0.328 e. The number of hydrogen-bond donors (Lipinski definition) is 2. The van der Waals surface area contributed by atoms with Crippen LogP contribution in [0.1, 0.15) is 20.3 Å². The first kappa shape index (κ1) is 10.7. The third-order valence-electron chi connectivity index (χ3n) is 1.86. The van der Waals surface area contributed by atoms with Gasteiger partial charge in [-0.1, -0.05) is 0 Å². The van der Waals surface area contributed by atoms with Gasteiger partial charge in [0.15, 0.2) is 0 Å². The molecule has 0 radical (unpaired) electrons. The van der Waals surface area contributed by atoms with E-state index in [1.54, 1.807) is 13.8 Å². The van der Waals surface area contributed by atoms with E-state index < -0.39 is 16.9 Å². The smallest absolute Gasteiger partial charge is 0.328 e. The van der Waals surface area contributed by atoms with E-state index >= 15 is 0 Å². The van der Waals surface area contributed by atoms with Crippen LogP contribution < -0.4 is 11.2 Å². The highest BCUT2D eigenvalue weighted by Crippen LogP contribution is 2.07. The van der Waals surface area contributed by atoms with E-state index in [-0.39, 0.29) is 0 Å². The molecule has 0 aliphatic carbocycles. The Balaban J connectivity index is 2.79. The number of H-pyrrole nitrogens is 1. The van der Waals surface area contributed by atoms with Crippen molar-refractivity contribution in [1.82, 2.24) is 9.55 Å². The van der Waals surface area contributed by atoms with Gasteiger partial charge in [-0.15, -0.1) is 0 Å². The van der Waals surface area contributed by atoms with Crippen molar-refractivity contribution in [2.45, 2.75) is 32.4 Å². The Hall–Kier alpha value is -1.36. The first-order valence-corrected chi connectivity index (χ1v) is 4.41. The molecule has 0 amide bonds. The molecule has 5 nitrogen and oxygen atoms in total. The molecule has 0 bridgehead atoms. The van der Waals surface area contributed by atoms with E-state index in [1.807, 2.05) is 0 Å². The fourth-order valence-corrected chi connectivity index (χ4v) is 1.01. The minimum absolute atomic E-state index is 0.388. The molecule has 1 aromatic rings. The van der Waals surface area contributed by atoms with Crippen LogP contribution in [0.2, 0.25) is 0 Å². The molecule has 1 heterocycles. The molecule has 78 valence electrons. The highest BCUT2D eigenvalue weighted by Gasteiger charge is 2.12. The molecule has 14 heavy (non-hydrogen) atoms. The van der Waals surface area contributed by atoms with Crippen LogP contribution in [-0.2, 0) is 6.54 Å². The van der Waals surface area contributed by atoms with Crippen LogP contribution in [0.15, 0.2) is 21.9 Å². The van der Waals surface area contributed by atoms with Gasteiger partial charge in [0.1, 0.15) is 0 Å². The second-order valence-corrected chi connectivity index (χ2v) is 3.87. The van der Waals surface area contributed by atoms with E-state index in [2.05, 4.69) is 4.98 Å². The summed E-state index contributed by atoms with van der Waals surface area (Å²) in [6.07, 6.45) is 1.88. The maximum atomic E-state index is 11.2. The summed E-state index contributed by atoms with van der Waals surface area (Å²) in [5.74, 6) is 0. The Labute approximate surface area is 81.0 Å². The molecule has 0 spiro atoms. The Morgan fingerprint density at radius 3 is 2.64 bits per heavy atom. The monoisotopic (exact) mass is 198 g/mol. The number of nitrogens with one attached hydrogen (secondary N) is 1. The fourth-order valence-electron chi connectivity index (χ4n) is 1.01. The Kier molecular flexibility index (Phi) is 2.90. The van der Waals surface area contributed by atoms with Crippen LogP contribution in [0.5, 0.6) is 0 Å². The molecule has 0 aromatic carbocycles. The number of nitrogens with zero attached hydrogens (tertiary/aromatic N) is 1. The zero-order chi connectivity index (χ0) is 10.8. The van der Waals surface area contributed by atoms with Gasteiger partial charge >= 0.3 is 5.69 Å². The van der Waals surface area contributed by atoms with Crippen molar-refractivity contribution in [3.8, 4) is 0 Å². The number of aliphatic hydroxyl groups is 1. The van der Waals surface area contributed by atoms with Gasteiger partial charge in [-0.05, 0) is 20.3 Å². The number of aromatic amines is 1. The molecule has 0 saturated heterocycles. The summed E-state index contributed by atoms with van der Waals surface area (Å²) in [6, 6.07) is 1.28. The molecule has 0 saturated carbocycles. The van der Waals surface area contributed by atoms with Crippen LogP contribution in [0.25, 0.3) is 0 Å². The zero-order valence-corrected chi connectivity index (χ0v) is 8.28. The quantitative estimate of drug-likeness (QED) is 0.700. The predicted octanol–water partition coefficient (Wildman–Crippen LogP) is -0.302. The van der Waals surface area contributed by atoms with Gasteiger partial charge < -0.3 is 9.67 Å². The Bertz CT molecular complexity index is 411. The molecule has 1 rings (SSSR count). The van der Waals surface area contributed by atoms with Crippen molar-refractivity contribution in [1.29, 1.82) is 0 Å². The van der Waals surface area contributed by atoms with Crippen LogP contribution in [-0.4, -0.2) is 20.3 Å². The highest BCUT2D eigenvalue weighted by atomic mass is 16.3. The van der Waals surface area contributed by atoms with E-state index in [0.717, 1.165) is 0 Å². The van der Waals surface area contributed by atoms with Crippen LogP contribution >= 0.6 is 0 Å². The van der Waals surface area contributed by atoms with E-state index in [9.17, 15) is 14.7 Å². The summed E-state index contributed by atoms with van der Waals surface area (Å²) in [4.78, 5) is 24.1. The number of hydrogen-bond acceptors (Lipinski definition) is 3. The largest absolute Gasteiger partial charge is 0.390 e. The summed E-state index contributed by atoms with van der Waals surface area (Å²) < 4.78 is 1.36. The van der Waals surface area contributed by atoms with Crippen molar-refractivity contribution < 1.29 is 5.11 Å². The third kappa shape index (κ3) is 3.18. The lowest BCUT2D eigenvalue weighted by Gasteiger charge is -2.16. The molecule has 0 atom stereocenters. The standard InChI is InChI=1S/C9H14N2O3/c1-9(2,14)4-6-11-5-3-7(12)10-8(11)13/h3,5,14H,4,6H2,1-2H3,(H,10,12,13). The third-order valence-corrected chi connectivity index (χ3v) is 1.86. The summed E-state index contributed by atoms with van der Waals surface area (Å²) in [5, 5.41) is 9.44.